The average Bonchev–Trinajstić information content (AvgIpc) is 3.53. The molecule has 0 aliphatic carbocycles. The van der Waals surface area contributed by atoms with Crippen molar-refractivity contribution in [3.8, 4) is 5.75 Å². The molecule has 17 heteroatoms. The Hall–Kier alpha value is -4.16. The number of nitrogens with zero attached hydrogens (tertiary/aromatic N) is 2. The number of aromatic nitrogens is 2. The summed E-state index contributed by atoms with van der Waals surface area (Å²) in [6, 6.07) is 14.7. The number of fused-ring (bicyclic) bond motifs is 1. The number of rotatable bonds is 9. The van der Waals surface area contributed by atoms with Crippen molar-refractivity contribution in [2.24, 2.45) is 0 Å². The second-order valence-corrected chi connectivity index (χ2v) is 13.9. The van der Waals surface area contributed by atoms with Gasteiger partial charge in [0, 0.05) is 0 Å². The Labute approximate surface area is 256 Å². The molecule has 12 nitrogen and oxygen atoms in total. The summed E-state index contributed by atoms with van der Waals surface area (Å²) in [7, 11) is -7.35. The van der Waals surface area contributed by atoms with Crippen LogP contribution < -0.4 is 9.46 Å². The van der Waals surface area contributed by atoms with Crippen molar-refractivity contribution < 1.29 is 49.9 Å². The van der Waals surface area contributed by atoms with E-state index in [4.69, 9.17) is 4.74 Å². The topological polar surface area (TPSA) is 171 Å². The lowest BCUT2D eigenvalue weighted by atomic mass is 10.0. The molecular weight excluding hydrogens is 641 g/mol. The smallest absolute Gasteiger partial charge is 0.492 e. The number of hydrogen-bond donors (Lipinski definition) is 4. The van der Waals surface area contributed by atoms with Gasteiger partial charge in [0.1, 0.15) is 27.8 Å². The zero-order chi connectivity index (χ0) is 32.7. The number of para-hydroxylation sites is 2. The molecule has 45 heavy (non-hydrogen) atoms. The molecule has 1 fully saturated rings. The highest BCUT2D eigenvalue weighted by atomic mass is 32.3. The molecule has 3 aromatic carbocycles. The molecule has 1 aliphatic rings. The molecule has 2 atom stereocenters. The van der Waals surface area contributed by atoms with Gasteiger partial charge in [-0.3, -0.25) is 18.6 Å². The summed E-state index contributed by atoms with van der Waals surface area (Å²) in [5, 5.41) is -0.941. The molecule has 0 spiro atoms. The molecule has 2 heterocycles. The number of methoxy groups -OCH3 is 1. The maximum absolute atomic E-state index is 14.1. The standard InChI is InChI=1S/C28H27F3N4O8S2/c1-16-7-12-23(22(13-16)42-2)45(40,41)35(43-27(37)28(29,30)31)21(26-32-19-5-3-4-6-20(19)33-26)14-17-8-10-18(11-9-17)24-15-25(36)34-44(24,38)39/h3-13,21,24,38-39H,14-15H2,1-2H3,(H,32,33)(H,34,36)/t21-,24?/m0/s1. The van der Waals surface area contributed by atoms with Crippen molar-refractivity contribution in [3.05, 3.63) is 89.2 Å². The third-order valence-corrected chi connectivity index (χ3v) is 10.5. The quantitative estimate of drug-likeness (QED) is 0.177. The molecule has 1 saturated heterocycles. The lowest BCUT2D eigenvalue weighted by Crippen LogP contribution is -2.42. The summed E-state index contributed by atoms with van der Waals surface area (Å²) >= 11 is 0. The van der Waals surface area contributed by atoms with Crippen molar-refractivity contribution in [2.45, 2.75) is 42.1 Å². The first kappa shape index (κ1) is 32.2. The normalized spacial score (nSPS) is 18.0. The first-order chi connectivity index (χ1) is 21.1. The van der Waals surface area contributed by atoms with Gasteiger partial charge in [-0.25, -0.2) is 18.2 Å². The summed E-state index contributed by atoms with van der Waals surface area (Å²) in [5.74, 6) is -3.66. The van der Waals surface area contributed by atoms with Crippen LogP contribution in [0.25, 0.3) is 11.0 Å². The van der Waals surface area contributed by atoms with Crippen molar-refractivity contribution in [3.63, 3.8) is 0 Å². The highest BCUT2D eigenvalue weighted by Gasteiger charge is 2.48. The van der Waals surface area contributed by atoms with E-state index >= 15 is 0 Å². The zero-order valence-corrected chi connectivity index (χ0v) is 25.2. The van der Waals surface area contributed by atoms with E-state index in [1.165, 1.54) is 43.5 Å². The van der Waals surface area contributed by atoms with Crippen LogP contribution in [0.15, 0.2) is 71.6 Å². The number of imidazole rings is 1. The van der Waals surface area contributed by atoms with Crippen molar-refractivity contribution >= 4 is 43.7 Å². The Morgan fingerprint density at radius 2 is 1.82 bits per heavy atom. The van der Waals surface area contributed by atoms with Gasteiger partial charge in [-0.1, -0.05) is 42.5 Å². The number of aromatic amines is 1. The zero-order valence-electron chi connectivity index (χ0n) is 23.6. The van der Waals surface area contributed by atoms with Crippen LogP contribution in [0.1, 0.15) is 40.2 Å². The van der Waals surface area contributed by atoms with Gasteiger partial charge in [0.05, 0.1) is 24.6 Å². The first-order valence-electron chi connectivity index (χ1n) is 13.2. The molecule has 240 valence electrons. The number of ether oxygens (including phenoxy) is 1. The number of nitrogens with one attached hydrogen (secondary N) is 2. The van der Waals surface area contributed by atoms with Gasteiger partial charge in [0.25, 0.3) is 10.0 Å². The Kier molecular flexibility index (Phi) is 8.58. The molecule has 5 rings (SSSR count). The van der Waals surface area contributed by atoms with E-state index in [9.17, 15) is 40.3 Å². The molecule has 1 aliphatic heterocycles. The molecule has 0 bridgehead atoms. The lowest BCUT2D eigenvalue weighted by Gasteiger charge is -2.33. The van der Waals surface area contributed by atoms with Crippen LogP contribution in [0.4, 0.5) is 13.2 Å². The van der Waals surface area contributed by atoms with Gasteiger partial charge in [-0.05, 0) is 58.8 Å². The van der Waals surface area contributed by atoms with Crippen LogP contribution in [0, 0.1) is 6.92 Å². The Morgan fingerprint density at radius 3 is 2.42 bits per heavy atom. The monoisotopic (exact) mass is 668 g/mol. The van der Waals surface area contributed by atoms with Crippen LogP contribution in [0.2, 0.25) is 0 Å². The number of H-pyrrole nitrogens is 1. The number of halogens is 3. The first-order valence-corrected chi connectivity index (χ1v) is 16.2. The van der Waals surface area contributed by atoms with Gasteiger partial charge < -0.3 is 14.6 Å². The van der Waals surface area contributed by atoms with Crippen LogP contribution >= 0.6 is 10.8 Å². The number of benzene rings is 3. The fraction of sp³-hybridized carbons (Fsp3) is 0.250. The predicted molar refractivity (Wildman–Crippen MR) is 156 cm³/mol. The molecule has 1 amide bonds. The van der Waals surface area contributed by atoms with Gasteiger partial charge in [0.2, 0.25) is 5.91 Å². The van der Waals surface area contributed by atoms with Gasteiger partial charge in [-0.2, -0.15) is 13.2 Å². The number of sulfonamides is 1. The fourth-order valence-electron chi connectivity index (χ4n) is 4.86. The van der Waals surface area contributed by atoms with Crippen molar-refractivity contribution in [1.29, 1.82) is 0 Å². The van der Waals surface area contributed by atoms with Crippen LogP contribution in [0.3, 0.4) is 0 Å². The highest BCUT2D eigenvalue weighted by Crippen LogP contribution is 2.56. The highest BCUT2D eigenvalue weighted by molar-refractivity contribution is 8.23. The van der Waals surface area contributed by atoms with Crippen LogP contribution in [-0.4, -0.2) is 57.1 Å². The molecule has 1 unspecified atom stereocenters. The minimum Gasteiger partial charge on any atom is -0.495 e. The van der Waals surface area contributed by atoms with Gasteiger partial charge in [-0.15, -0.1) is 10.8 Å². The summed E-state index contributed by atoms with van der Waals surface area (Å²) in [6.07, 6.45) is -6.10. The number of carbonyl (C=O) groups excluding carboxylic acids is 2. The lowest BCUT2D eigenvalue weighted by molar-refractivity contribution is -0.227. The van der Waals surface area contributed by atoms with Gasteiger partial charge in [0.15, 0.2) is 0 Å². The van der Waals surface area contributed by atoms with E-state index < -0.39 is 55.0 Å². The summed E-state index contributed by atoms with van der Waals surface area (Å²) in [6.45, 7) is 1.65. The third kappa shape index (κ3) is 6.62. The number of alkyl halides is 3. The number of carbonyl (C=O) groups is 2. The molecule has 4 N–H and O–H groups in total. The van der Waals surface area contributed by atoms with E-state index in [1.807, 2.05) is 0 Å². The number of aryl methyl sites for hydroxylation is 1. The SMILES string of the molecule is COc1cc(C)ccc1S(=O)(=O)N(OC(=O)C(F)(F)F)[C@@H](Cc1ccc(C2CC(=O)NS2(O)O)cc1)c1nc2ccccc2[nH]1. The third-order valence-electron chi connectivity index (χ3n) is 7.03. The largest absolute Gasteiger partial charge is 0.495 e. The van der Waals surface area contributed by atoms with Gasteiger partial charge >= 0.3 is 12.1 Å². The molecular formula is C28H27F3N4O8S2. The number of amides is 1. The van der Waals surface area contributed by atoms with E-state index in [0.29, 0.717) is 27.7 Å². The predicted octanol–water partition coefficient (Wildman–Crippen LogP) is 5.10. The molecule has 1 aromatic heterocycles. The Bertz CT molecular complexity index is 1830. The maximum atomic E-state index is 14.1. The Balaban J connectivity index is 1.63. The second kappa shape index (κ2) is 12.0. The van der Waals surface area contributed by atoms with E-state index in [2.05, 4.69) is 19.5 Å². The van der Waals surface area contributed by atoms with Crippen LogP contribution in [-0.2, 0) is 30.9 Å². The van der Waals surface area contributed by atoms with E-state index in [0.717, 1.165) is 6.07 Å². The average molecular weight is 669 g/mol. The Morgan fingerprint density at radius 1 is 1.13 bits per heavy atom. The summed E-state index contributed by atoms with van der Waals surface area (Å²) in [4.78, 5) is 35.4. The van der Waals surface area contributed by atoms with E-state index in [1.54, 1.807) is 31.2 Å². The number of hydroxylamine groups is 1. The van der Waals surface area contributed by atoms with E-state index in [-0.39, 0.29) is 28.9 Å². The minimum absolute atomic E-state index is 0.0299. The van der Waals surface area contributed by atoms with Crippen LogP contribution in [0.5, 0.6) is 5.75 Å². The second-order valence-electron chi connectivity index (χ2n) is 10.2. The van der Waals surface area contributed by atoms with Crippen molar-refractivity contribution in [2.75, 3.05) is 7.11 Å². The molecule has 0 saturated carbocycles. The molecule has 4 aromatic rings. The molecule has 0 radical (unpaired) electrons. The minimum atomic E-state index is -5.55. The fourth-order valence-corrected chi connectivity index (χ4v) is 7.85. The number of hydrogen-bond acceptors (Lipinski definition) is 9. The summed E-state index contributed by atoms with van der Waals surface area (Å²) in [5.41, 5.74) is 2.12. The van der Waals surface area contributed by atoms with Crippen molar-refractivity contribution in [1.82, 2.24) is 19.2 Å². The summed E-state index contributed by atoms with van der Waals surface area (Å²) < 4.78 is 96.6. The maximum Gasteiger partial charge on any atom is 0.492 e.